The van der Waals surface area contributed by atoms with E-state index < -0.39 is 5.82 Å². The van der Waals surface area contributed by atoms with E-state index in [1.807, 2.05) is 0 Å². The quantitative estimate of drug-likeness (QED) is 0.891. The Morgan fingerprint density at radius 1 is 1.26 bits per heavy atom. The summed E-state index contributed by atoms with van der Waals surface area (Å²) in [5, 5.41) is 5.38. The standard InChI is InChI=1S/C14H14FN3O/c1-9-3-4-12(11(15)7-9)18-14(19)10-5-6-17-13(8-10)16-2/h3-8H,1-2H3,(H,16,17)(H,18,19). The number of aryl methyl sites for hydroxylation is 1. The lowest BCUT2D eigenvalue weighted by Gasteiger charge is -2.08. The van der Waals surface area contributed by atoms with Gasteiger partial charge in [-0.05, 0) is 36.8 Å². The molecule has 0 bridgehead atoms. The number of anilines is 2. The first-order valence-electron chi connectivity index (χ1n) is 5.81. The van der Waals surface area contributed by atoms with Gasteiger partial charge >= 0.3 is 0 Å². The Hall–Kier alpha value is -2.43. The highest BCUT2D eigenvalue weighted by atomic mass is 19.1. The fraction of sp³-hybridized carbons (Fsp3) is 0.143. The number of carbonyl (C=O) groups is 1. The predicted molar refractivity (Wildman–Crippen MR) is 72.9 cm³/mol. The Morgan fingerprint density at radius 2 is 2.05 bits per heavy atom. The van der Waals surface area contributed by atoms with E-state index in [-0.39, 0.29) is 11.6 Å². The molecule has 1 amide bonds. The largest absolute Gasteiger partial charge is 0.373 e. The first-order chi connectivity index (χ1) is 9.10. The molecule has 2 rings (SSSR count). The molecule has 0 fully saturated rings. The number of pyridine rings is 1. The van der Waals surface area contributed by atoms with E-state index in [9.17, 15) is 9.18 Å². The summed E-state index contributed by atoms with van der Waals surface area (Å²) in [5.41, 5.74) is 1.38. The zero-order valence-electron chi connectivity index (χ0n) is 10.7. The summed E-state index contributed by atoms with van der Waals surface area (Å²) in [4.78, 5) is 16.0. The minimum Gasteiger partial charge on any atom is -0.373 e. The van der Waals surface area contributed by atoms with Crippen LogP contribution in [0.5, 0.6) is 0 Å². The Morgan fingerprint density at radius 3 is 2.74 bits per heavy atom. The SMILES string of the molecule is CNc1cc(C(=O)Nc2ccc(C)cc2F)ccn1. The molecule has 2 aromatic rings. The van der Waals surface area contributed by atoms with E-state index in [0.29, 0.717) is 11.4 Å². The number of carbonyl (C=O) groups excluding carboxylic acids is 1. The molecule has 0 saturated heterocycles. The summed E-state index contributed by atoms with van der Waals surface area (Å²) in [6.45, 7) is 1.79. The van der Waals surface area contributed by atoms with Crippen molar-refractivity contribution in [2.45, 2.75) is 6.92 Å². The summed E-state index contributed by atoms with van der Waals surface area (Å²) in [6, 6.07) is 7.83. The molecule has 0 aliphatic rings. The molecule has 19 heavy (non-hydrogen) atoms. The number of nitrogens with one attached hydrogen (secondary N) is 2. The van der Waals surface area contributed by atoms with Crippen LogP contribution in [0.25, 0.3) is 0 Å². The number of hydrogen-bond donors (Lipinski definition) is 2. The molecule has 1 aromatic carbocycles. The van der Waals surface area contributed by atoms with Gasteiger partial charge in [-0.1, -0.05) is 6.07 Å². The first kappa shape index (κ1) is 13.0. The van der Waals surface area contributed by atoms with E-state index in [0.717, 1.165) is 5.56 Å². The maximum atomic E-state index is 13.6. The molecule has 0 aliphatic heterocycles. The fourth-order valence-electron chi connectivity index (χ4n) is 1.62. The molecule has 0 atom stereocenters. The number of nitrogens with zero attached hydrogens (tertiary/aromatic N) is 1. The lowest BCUT2D eigenvalue weighted by Crippen LogP contribution is -2.13. The number of rotatable bonds is 3. The Labute approximate surface area is 110 Å². The highest BCUT2D eigenvalue weighted by Crippen LogP contribution is 2.16. The molecule has 4 nitrogen and oxygen atoms in total. The minimum atomic E-state index is -0.448. The van der Waals surface area contributed by atoms with E-state index in [4.69, 9.17) is 0 Å². The lowest BCUT2D eigenvalue weighted by atomic mass is 10.2. The molecular formula is C14H14FN3O. The molecule has 1 aromatic heterocycles. The van der Waals surface area contributed by atoms with Crippen molar-refractivity contribution < 1.29 is 9.18 Å². The number of hydrogen-bond acceptors (Lipinski definition) is 3. The molecule has 0 unspecified atom stereocenters. The molecule has 98 valence electrons. The second-order valence-corrected chi connectivity index (χ2v) is 4.12. The first-order valence-corrected chi connectivity index (χ1v) is 5.81. The molecule has 0 spiro atoms. The Kier molecular flexibility index (Phi) is 3.75. The van der Waals surface area contributed by atoms with Crippen LogP contribution in [0, 0.1) is 12.7 Å². The predicted octanol–water partition coefficient (Wildman–Crippen LogP) is 2.82. The molecule has 2 N–H and O–H groups in total. The van der Waals surface area contributed by atoms with Gasteiger partial charge in [-0.2, -0.15) is 0 Å². The van der Waals surface area contributed by atoms with Crippen LogP contribution in [-0.2, 0) is 0 Å². The van der Waals surface area contributed by atoms with Crippen LogP contribution >= 0.6 is 0 Å². The average molecular weight is 259 g/mol. The maximum Gasteiger partial charge on any atom is 0.255 e. The van der Waals surface area contributed by atoms with E-state index in [1.165, 1.54) is 12.3 Å². The zero-order chi connectivity index (χ0) is 13.8. The van der Waals surface area contributed by atoms with Crippen LogP contribution in [0.4, 0.5) is 15.9 Å². The van der Waals surface area contributed by atoms with Crippen LogP contribution < -0.4 is 10.6 Å². The van der Waals surface area contributed by atoms with Crippen LogP contribution in [-0.4, -0.2) is 17.9 Å². The lowest BCUT2D eigenvalue weighted by molar-refractivity contribution is 0.102. The van der Waals surface area contributed by atoms with Gasteiger partial charge in [0.1, 0.15) is 11.6 Å². The summed E-state index contributed by atoms with van der Waals surface area (Å²) in [7, 11) is 1.71. The Bertz CT molecular complexity index is 613. The third-order valence-corrected chi connectivity index (χ3v) is 2.65. The van der Waals surface area contributed by atoms with Crippen LogP contribution in [0.2, 0.25) is 0 Å². The number of benzene rings is 1. The van der Waals surface area contributed by atoms with Crippen molar-refractivity contribution in [1.82, 2.24) is 4.98 Å². The smallest absolute Gasteiger partial charge is 0.255 e. The number of halogens is 1. The van der Waals surface area contributed by atoms with Gasteiger partial charge in [0.15, 0.2) is 0 Å². The molecule has 0 saturated carbocycles. The van der Waals surface area contributed by atoms with Crippen molar-refractivity contribution in [3.05, 3.63) is 53.5 Å². The summed E-state index contributed by atoms with van der Waals surface area (Å²) in [6.07, 6.45) is 1.52. The topological polar surface area (TPSA) is 54.0 Å². The van der Waals surface area contributed by atoms with Gasteiger partial charge in [0.2, 0.25) is 0 Å². The maximum absolute atomic E-state index is 13.6. The molecule has 5 heteroatoms. The van der Waals surface area contributed by atoms with Crippen molar-refractivity contribution in [1.29, 1.82) is 0 Å². The van der Waals surface area contributed by atoms with E-state index in [1.54, 1.807) is 38.2 Å². The summed E-state index contributed by atoms with van der Waals surface area (Å²) < 4.78 is 13.6. The van der Waals surface area contributed by atoms with E-state index >= 15 is 0 Å². The van der Waals surface area contributed by atoms with Crippen LogP contribution in [0.15, 0.2) is 36.5 Å². The third kappa shape index (κ3) is 3.07. The van der Waals surface area contributed by atoms with Gasteiger partial charge in [0, 0.05) is 18.8 Å². The fourth-order valence-corrected chi connectivity index (χ4v) is 1.62. The van der Waals surface area contributed by atoms with Crippen LogP contribution in [0.3, 0.4) is 0 Å². The van der Waals surface area contributed by atoms with Crippen molar-refractivity contribution >= 4 is 17.4 Å². The van der Waals surface area contributed by atoms with Gasteiger partial charge in [0.05, 0.1) is 5.69 Å². The van der Waals surface area contributed by atoms with E-state index in [2.05, 4.69) is 15.6 Å². The summed E-state index contributed by atoms with van der Waals surface area (Å²) in [5.74, 6) is -0.241. The Balaban J connectivity index is 2.20. The zero-order valence-corrected chi connectivity index (χ0v) is 10.7. The second-order valence-electron chi connectivity index (χ2n) is 4.12. The highest BCUT2D eigenvalue weighted by molar-refractivity contribution is 6.04. The van der Waals surface area contributed by atoms with Crippen molar-refractivity contribution in [2.75, 3.05) is 17.7 Å². The van der Waals surface area contributed by atoms with Crippen molar-refractivity contribution in [3.8, 4) is 0 Å². The monoisotopic (exact) mass is 259 g/mol. The van der Waals surface area contributed by atoms with Gasteiger partial charge in [-0.25, -0.2) is 9.37 Å². The second kappa shape index (κ2) is 5.48. The number of aromatic nitrogens is 1. The van der Waals surface area contributed by atoms with Gasteiger partial charge < -0.3 is 10.6 Å². The molecule has 1 heterocycles. The number of amides is 1. The van der Waals surface area contributed by atoms with Gasteiger partial charge in [-0.3, -0.25) is 4.79 Å². The highest BCUT2D eigenvalue weighted by Gasteiger charge is 2.10. The van der Waals surface area contributed by atoms with Crippen molar-refractivity contribution in [2.24, 2.45) is 0 Å². The molecular weight excluding hydrogens is 245 g/mol. The minimum absolute atomic E-state index is 0.165. The normalized spacial score (nSPS) is 10.1. The molecule has 0 aliphatic carbocycles. The van der Waals surface area contributed by atoms with Crippen LogP contribution in [0.1, 0.15) is 15.9 Å². The van der Waals surface area contributed by atoms with Gasteiger partial charge in [0.25, 0.3) is 5.91 Å². The average Bonchev–Trinajstić information content (AvgIpc) is 2.42. The van der Waals surface area contributed by atoms with Crippen molar-refractivity contribution in [3.63, 3.8) is 0 Å². The third-order valence-electron chi connectivity index (χ3n) is 2.65. The van der Waals surface area contributed by atoms with Gasteiger partial charge in [-0.15, -0.1) is 0 Å². The summed E-state index contributed by atoms with van der Waals surface area (Å²) >= 11 is 0. The molecule has 0 radical (unpaired) electrons.